The average molecular weight is 212 g/mol. The van der Waals surface area contributed by atoms with Crippen molar-refractivity contribution >= 4 is 0 Å². The summed E-state index contributed by atoms with van der Waals surface area (Å²) in [6.07, 6.45) is 1.08. The van der Waals surface area contributed by atoms with Crippen LogP contribution in [0.3, 0.4) is 0 Å². The van der Waals surface area contributed by atoms with Crippen LogP contribution in [0, 0.1) is 0 Å². The number of aryl methyl sites for hydroxylation is 1. The van der Waals surface area contributed by atoms with Crippen molar-refractivity contribution in [1.82, 2.24) is 20.3 Å². The van der Waals surface area contributed by atoms with Crippen LogP contribution in [0.4, 0.5) is 0 Å². The summed E-state index contributed by atoms with van der Waals surface area (Å²) < 4.78 is 7.27. The van der Waals surface area contributed by atoms with Gasteiger partial charge in [-0.1, -0.05) is 12.1 Å². The van der Waals surface area contributed by atoms with E-state index in [9.17, 15) is 0 Å². The van der Waals surface area contributed by atoms with Crippen molar-refractivity contribution in [3.8, 4) is 0 Å². The molecule has 86 valence electrons. The fourth-order valence-electron chi connectivity index (χ4n) is 1.58. The monoisotopic (exact) mass is 212 g/mol. The predicted octanol–water partition coefficient (Wildman–Crippen LogP) is 1.11. The Kier molecular flexibility index (Phi) is 4.71. The Morgan fingerprint density at radius 1 is 1.53 bits per heavy atom. The van der Waals surface area contributed by atoms with E-state index in [1.54, 1.807) is 7.11 Å². The lowest BCUT2D eigenvalue weighted by molar-refractivity contribution is 0.110. The van der Waals surface area contributed by atoms with Crippen molar-refractivity contribution < 1.29 is 4.74 Å². The van der Waals surface area contributed by atoms with Crippen LogP contribution in [0.25, 0.3) is 0 Å². The van der Waals surface area contributed by atoms with E-state index in [0.29, 0.717) is 0 Å². The molecule has 15 heavy (non-hydrogen) atoms. The van der Waals surface area contributed by atoms with Gasteiger partial charge >= 0.3 is 0 Å². The third-order valence-corrected chi connectivity index (χ3v) is 2.37. The van der Waals surface area contributed by atoms with Gasteiger partial charge < -0.3 is 10.1 Å². The summed E-state index contributed by atoms with van der Waals surface area (Å²) in [6, 6.07) is 0. The normalized spacial score (nSPS) is 13.1. The van der Waals surface area contributed by atoms with Gasteiger partial charge in [0.05, 0.1) is 11.8 Å². The highest BCUT2D eigenvalue weighted by Crippen LogP contribution is 2.18. The predicted molar refractivity (Wildman–Crippen MR) is 58.5 cm³/mol. The third-order valence-electron chi connectivity index (χ3n) is 2.37. The lowest BCUT2D eigenvalue weighted by Crippen LogP contribution is -2.13. The van der Waals surface area contributed by atoms with Crippen LogP contribution in [0.2, 0.25) is 0 Å². The molecule has 0 spiro atoms. The number of aromatic nitrogens is 3. The molecule has 0 aromatic carbocycles. The molecular formula is C10H20N4O. The molecule has 0 radical (unpaired) electrons. The second-order valence-electron chi connectivity index (χ2n) is 3.55. The van der Waals surface area contributed by atoms with Crippen molar-refractivity contribution in [2.45, 2.75) is 39.5 Å². The highest BCUT2D eigenvalue weighted by Gasteiger charge is 2.17. The number of rotatable bonds is 6. The van der Waals surface area contributed by atoms with E-state index in [1.165, 1.54) is 0 Å². The maximum atomic E-state index is 5.34. The van der Waals surface area contributed by atoms with Gasteiger partial charge in [-0.05, 0) is 20.4 Å². The molecule has 0 bridgehead atoms. The summed E-state index contributed by atoms with van der Waals surface area (Å²) in [7, 11) is 3.61. The molecule has 0 aliphatic heterocycles. The molecule has 0 amide bonds. The molecule has 1 aromatic rings. The summed E-state index contributed by atoms with van der Waals surface area (Å²) in [5, 5.41) is 11.4. The number of hydrogen-bond donors (Lipinski definition) is 1. The number of nitrogens with zero attached hydrogens (tertiary/aromatic N) is 3. The Hall–Kier alpha value is -0.940. The molecule has 1 aromatic heterocycles. The zero-order chi connectivity index (χ0) is 11.3. The molecule has 0 fully saturated rings. The zero-order valence-electron chi connectivity index (χ0n) is 9.95. The molecule has 0 saturated carbocycles. The summed E-state index contributed by atoms with van der Waals surface area (Å²) >= 11 is 0. The summed E-state index contributed by atoms with van der Waals surface area (Å²) in [4.78, 5) is 0. The lowest BCUT2D eigenvalue weighted by atomic mass is 10.2. The summed E-state index contributed by atoms with van der Waals surface area (Å²) in [5.41, 5.74) is 2.05. The van der Waals surface area contributed by atoms with Gasteiger partial charge in [-0.15, -0.1) is 5.10 Å². The minimum absolute atomic E-state index is 0.0369. The molecular weight excluding hydrogens is 192 g/mol. The summed E-state index contributed by atoms with van der Waals surface area (Å²) in [5.74, 6) is 0. The Bertz CT molecular complexity index is 274. The second kappa shape index (κ2) is 5.82. The van der Waals surface area contributed by atoms with Crippen LogP contribution in [-0.2, 0) is 17.8 Å². The first-order chi connectivity index (χ1) is 7.24. The average Bonchev–Trinajstić information content (AvgIpc) is 2.62. The molecule has 1 atom stereocenters. The molecule has 5 heteroatoms. The van der Waals surface area contributed by atoms with Gasteiger partial charge in [0.15, 0.2) is 0 Å². The van der Waals surface area contributed by atoms with Crippen LogP contribution in [0.5, 0.6) is 0 Å². The van der Waals surface area contributed by atoms with Gasteiger partial charge in [0.25, 0.3) is 0 Å². The van der Waals surface area contributed by atoms with Crippen LogP contribution in [0.1, 0.15) is 37.8 Å². The maximum absolute atomic E-state index is 5.34. The molecule has 0 aliphatic rings. The molecule has 1 N–H and O–H groups in total. The highest BCUT2D eigenvalue weighted by atomic mass is 16.5. The van der Waals surface area contributed by atoms with E-state index in [2.05, 4.69) is 22.6 Å². The van der Waals surface area contributed by atoms with E-state index >= 15 is 0 Å². The zero-order valence-corrected chi connectivity index (χ0v) is 9.95. The van der Waals surface area contributed by atoms with E-state index in [0.717, 1.165) is 30.9 Å². The van der Waals surface area contributed by atoms with Gasteiger partial charge in [0.2, 0.25) is 0 Å². The Morgan fingerprint density at radius 3 is 2.80 bits per heavy atom. The standard InChI is InChI=1S/C10H20N4O/c1-5-6-14-10(8(2)15-4)9(7-11-3)12-13-14/h8,11H,5-7H2,1-4H3. The van der Waals surface area contributed by atoms with E-state index < -0.39 is 0 Å². The molecule has 1 unspecified atom stereocenters. The Balaban J connectivity index is 2.96. The first-order valence-electron chi connectivity index (χ1n) is 5.34. The molecule has 0 aliphatic carbocycles. The quantitative estimate of drug-likeness (QED) is 0.767. The largest absolute Gasteiger partial charge is 0.375 e. The van der Waals surface area contributed by atoms with E-state index in [-0.39, 0.29) is 6.10 Å². The fraction of sp³-hybridized carbons (Fsp3) is 0.800. The van der Waals surface area contributed by atoms with Crippen LogP contribution < -0.4 is 5.32 Å². The van der Waals surface area contributed by atoms with Crippen LogP contribution in [-0.4, -0.2) is 29.2 Å². The molecule has 1 rings (SSSR count). The highest BCUT2D eigenvalue weighted by molar-refractivity contribution is 5.12. The van der Waals surface area contributed by atoms with Crippen LogP contribution in [0.15, 0.2) is 0 Å². The smallest absolute Gasteiger partial charge is 0.102 e. The lowest BCUT2D eigenvalue weighted by Gasteiger charge is -2.13. The number of ether oxygens (including phenoxy) is 1. The topological polar surface area (TPSA) is 52.0 Å². The van der Waals surface area contributed by atoms with Crippen molar-refractivity contribution in [3.05, 3.63) is 11.4 Å². The minimum Gasteiger partial charge on any atom is -0.375 e. The van der Waals surface area contributed by atoms with Gasteiger partial charge in [-0.3, -0.25) is 0 Å². The molecule has 5 nitrogen and oxygen atoms in total. The molecule has 0 saturated heterocycles. The van der Waals surface area contributed by atoms with Crippen molar-refractivity contribution in [3.63, 3.8) is 0 Å². The van der Waals surface area contributed by atoms with Gasteiger partial charge in [0, 0.05) is 20.2 Å². The van der Waals surface area contributed by atoms with Crippen molar-refractivity contribution in [2.24, 2.45) is 0 Å². The first kappa shape index (κ1) is 12.1. The Labute approximate surface area is 90.8 Å². The Morgan fingerprint density at radius 2 is 2.27 bits per heavy atom. The van der Waals surface area contributed by atoms with Crippen molar-refractivity contribution in [1.29, 1.82) is 0 Å². The van der Waals surface area contributed by atoms with E-state index in [4.69, 9.17) is 4.74 Å². The first-order valence-corrected chi connectivity index (χ1v) is 5.34. The van der Waals surface area contributed by atoms with Gasteiger partial charge in [0.1, 0.15) is 5.69 Å². The second-order valence-corrected chi connectivity index (χ2v) is 3.55. The number of methoxy groups -OCH3 is 1. The SMILES string of the molecule is CCCn1nnc(CNC)c1C(C)OC. The number of nitrogens with one attached hydrogen (secondary N) is 1. The van der Waals surface area contributed by atoms with Crippen molar-refractivity contribution in [2.75, 3.05) is 14.2 Å². The van der Waals surface area contributed by atoms with Gasteiger partial charge in [-0.2, -0.15) is 0 Å². The number of hydrogen-bond acceptors (Lipinski definition) is 4. The van der Waals surface area contributed by atoms with Crippen LogP contribution >= 0.6 is 0 Å². The van der Waals surface area contributed by atoms with Gasteiger partial charge in [-0.25, -0.2) is 4.68 Å². The fourth-order valence-corrected chi connectivity index (χ4v) is 1.58. The maximum Gasteiger partial charge on any atom is 0.102 e. The minimum atomic E-state index is 0.0369. The summed E-state index contributed by atoms with van der Waals surface area (Å²) in [6.45, 7) is 5.76. The molecule has 1 heterocycles. The third kappa shape index (κ3) is 2.76. The van der Waals surface area contributed by atoms with E-state index in [1.807, 2.05) is 18.7 Å².